The summed E-state index contributed by atoms with van der Waals surface area (Å²) in [5.41, 5.74) is 0.160. The molecule has 0 saturated carbocycles. The first-order valence-corrected chi connectivity index (χ1v) is 6.65. The Morgan fingerprint density at radius 3 is 2.06 bits per heavy atom. The lowest BCUT2D eigenvalue weighted by Gasteiger charge is -2.40. The van der Waals surface area contributed by atoms with Gasteiger partial charge in [-0.1, -0.05) is 20.8 Å². The van der Waals surface area contributed by atoms with Gasteiger partial charge in [0.25, 0.3) is 0 Å². The molecule has 1 N–H and O–H groups in total. The van der Waals surface area contributed by atoms with Gasteiger partial charge in [0.2, 0.25) is 6.41 Å². The quantitative estimate of drug-likeness (QED) is 0.663. The topological polar surface area (TPSA) is 32.3 Å². The average molecular weight is 242 g/mol. The third-order valence-electron chi connectivity index (χ3n) is 4.00. The second-order valence-electron chi connectivity index (χ2n) is 6.07. The Kier molecular flexibility index (Phi) is 6.76. The summed E-state index contributed by atoms with van der Waals surface area (Å²) in [4.78, 5) is 13.0. The Hall–Kier alpha value is -0.570. The van der Waals surface area contributed by atoms with Gasteiger partial charge in [-0.3, -0.25) is 4.79 Å². The molecule has 0 bridgehead atoms. The minimum Gasteiger partial charge on any atom is -0.342 e. The zero-order chi connectivity index (χ0) is 13.6. The van der Waals surface area contributed by atoms with Gasteiger partial charge < -0.3 is 10.2 Å². The van der Waals surface area contributed by atoms with Crippen LogP contribution in [0.4, 0.5) is 0 Å². The van der Waals surface area contributed by atoms with Crippen LogP contribution in [-0.4, -0.2) is 37.0 Å². The number of carbonyl (C=O) groups excluding carboxylic acids is 1. The fourth-order valence-corrected chi connectivity index (χ4v) is 2.04. The molecule has 0 aromatic heterocycles. The van der Waals surface area contributed by atoms with E-state index in [9.17, 15) is 4.79 Å². The Bertz CT molecular complexity index is 228. The minimum atomic E-state index is 0.160. The molecule has 0 aromatic rings. The van der Waals surface area contributed by atoms with E-state index < -0.39 is 0 Å². The van der Waals surface area contributed by atoms with Crippen molar-refractivity contribution in [2.75, 3.05) is 13.6 Å². The lowest BCUT2D eigenvalue weighted by molar-refractivity contribution is -0.121. The summed E-state index contributed by atoms with van der Waals surface area (Å²) in [5.74, 6) is 0.555. The summed E-state index contributed by atoms with van der Waals surface area (Å²) in [5, 5.41) is 3.29. The highest BCUT2D eigenvalue weighted by Gasteiger charge is 2.32. The van der Waals surface area contributed by atoms with Gasteiger partial charge in [0.05, 0.1) is 0 Å². The molecule has 0 aliphatic rings. The van der Waals surface area contributed by atoms with Crippen LogP contribution in [0.2, 0.25) is 0 Å². The Labute approximate surface area is 107 Å². The predicted octanol–water partition coefficient (Wildman–Crippen LogP) is 2.51. The SMILES string of the molecule is CNC(C)CC(C)(CN(C=O)C(C)C)C(C)C. The van der Waals surface area contributed by atoms with Gasteiger partial charge in [-0.2, -0.15) is 0 Å². The molecule has 102 valence electrons. The van der Waals surface area contributed by atoms with Crippen molar-refractivity contribution in [3.05, 3.63) is 0 Å². The third kappa shape index (κ3) is 5.07. The van der Waals surface area contributed by atoms with Crippen LogP contribution in [0.1, 0.15) is 48.0 Å². The molecular weight excluding hydrogens is 212 g/mol. The highest BCUT2D eigenvalue weighted by atomic mass is 16.1. The average Bonchev–Trinajstić information content (AvgIpc) is 2.25. The number of amides is 1. The Morgan fingerprint density at radius 2 is 1.76 bits per heavy atom. The predicted molar refractivity (Wildman–Crippen MR) is 74.0 cm³/mol. The molecule has 0 aliphatic carbocycles. The van der Waals surface area contributed by atoms with Gasteiger partial charge in [0.15, 0.2) is 0 Å². The van der Waals surface area contributed by atoms with Crippen LogP contribution < -0.4 is 5.32 Å². The summed E-state index contributed by atoms with van der Waals surface area (Å²) in [7, 11) is 1.99. The van der Waals surface area contributed by atoms with Crippen molar-refractivity contribution in [3.8, 4) is 0 Å². The molecule has 3 heteroatoms. The molecule has 0 spiro atoms. The van der Waals surface area contributed by atoms with Crippen LogP contribution in [0, 0.1) is 11.3 Å². The van der Waals surface area contributed by atoms with Crippen LogP contribution in [-0.2, 0) is 4.79 Å². The van der Waals surface area contributed by atoms with Gasteiger partial charge in [-0.25, -0.2) is 0 Å². The highest BCUT2D eigenvalue weighted by Crippen LogP contribution is 2.33. The monoisotopic (exact) mass is 242 g/mol. The van der Waals surface area contributed by atoms with E-state index in [0.717, 1.165) is 19.4 Å². The summed E-state index contributed by atoms with van der Waals surface area (Å²) >= 11 is 0. The van der Waals surface area contributed by atoms with Crippen molar-refractivity contribution < 1.29 is 4.79 Å². The van der Waals surface area contributed by atoms with Crippen LogP contribution >= 0.6 is 0 Å². The molecule has 0 aromatic carbocycles. The second-order valence-corrected chi connectivity index (χ2v) is 6.07. The minimum absolute atomic E-state index is 0.160. The largest absolute Gasteiger partial charge is 0.342 e. The Balaban J connectivity index is 4.76. The van der Waals surface area contributed by atoms with E-state index in [4.69, 9.17) is 0 Å². The molecular formula is C14H30N2O. The lowest BCUT2D eigenvalue weighted by Crippen LogP contribution is -2.44. The summed E-state index contributed by atoms with van der Waals surface area (Å²) in [6.45, 7) is 13.9. The van der Waals surface area contributed by atoms with E-state index in [-0.39, 0.29) is 11.5 Å². The van der Waals surface area contributed by atoms with Crippen molar-refractivity contribution in [1.82, 2.24) is 10.2 Å². The molecule has 0 radical (unpaired) electrons. The van der Waals surface area contributed by atoms with Gasteiger partial charge in [-0.15, -0.1) is 0 Å². The van der Waals surface area contributed by atoms with E-state index in [0.29, 0.717) is 12.0 Å². The maximum absolute atomic E-state index is 11.1. The van der Waals surface area contributed by atoms with E-state index in [1.807, 2.05) is 11.9 Å². The lowest BCUT2D eigenvalue weighted by atomic mass is 9.74. The van der Waals surface area contributed by atoms with Crippen LogP contribution in [0.25, 0.3) is 0 Å². The molecule has 17 heavy (non-hydrogen) atoms. The third-order valence-corrected chi connectivity index (χ3v) is 4.00. The molecule has 0 rings (SSSR count). The fourth-order valence-electron chi connectivity index (χ4n) is 2.04. The second kappa shape index (κ2) is 7.00. The first kappa shape index (κ1) is 16.4. The van der Waals surface area contributed by atoms with Crippen LogP contribution in [0.5, 0.6) is 0 Å². The van der Waals surface area contributed by atoms with Gasteiger partial charge in [-0.05, 0) is 45.6 Å². The molecule has 0 aliphatic heterocycles. The van der Waals surface area contributed by atoms with E-state index >= 15 is 0 Å². The molecule has 1 amide bonds. The van der Waals surface area contributed by atoms with Gasteiger partial charge in [0, 0.05) is 18.6 Å². The summed E-state index contributed by atoms with van der Waals surface area (Å²) in [6.07, 6.45) is 2.06. The molecule has 2 atom stereocenters. The molecule has 0 heterocycles. The standard InChI is InChI=1S/C14H30N2O/c1-11(2)14(6,8-13(5)15-7)9-16(10-17)12(3)4/h10-13,15H,8-9H2,1-7H3. The molecule has 2 unspecified atom stereocenters. The zero-order valence-corrected chi connectivity index (χ0v) is 12.6. The molecule has 3 nitrogen and oxygen atoms in total. The van der Waals surface area contributed by atoms with Crippen molar-refractivity contribution >= 4 is 6.41 Å². The van der Waals surface area contributed by atoms with E-state index in [1.165, 1.54) is 0 Å². The van der Waals surface area contributed by atoms with Crippen molar-refractivity contribution in [2.45, 2.75) is 60.0 Å². The smallest absolute Gasteiger partial charge is 0.209 e. The maximum atomic E-state index is 11.1. The number of hydrogen-bond acceptors (Lipinski definition) is 2. The first-order chi connectivity index (χ1) is 7.76. The van der Waals surface area contributed by atoms with Crippen molar-refractivity contribution in [3.63, 3.8) is 0 Å². The number of hydrogen-bond donors (Lipinski definition) is 1. The van der Waals surface area contributed by atoms with E-state index in [2.05, 4.69) is 46.9 Å². The van der Waals surface area contributed by atoms with Crippen LogP contribution in [0.3, 0.4) is 0 Å². The van der Waals surface area contributed by atoms with Gasteiger partial charge >= 0.3 is 0 Å². The molecule has 0 saturated heterocycles. The number of carbonyl (C=O) groups is 1. The highest BCUT2D eigenvalue weighted by molar-refractivity contribution is 5.47. The summed E-state index contributed by atoms with van der Waals surface area (Å²) in [6, 6.07) is 0.749. The number of rotatable bonds is 8. The maximum Gasteiger partial charge on any atom is 0.209 e. The number of nitrogens with one attached hydrogen (secondary N) is 1. The zero-order valence-electron chi connectivity index (χ0n) is 12.6. The van der Waals surface area contributed by atoms with Crippen molar-refractivity contribution in [1.29, 1.82) is 0 Å². The normalized spacial score (nSPS) is 17.0. The fraction of sp³-hybridized carbons (Fsp3) is 0.929. The molecule has 0 fully saturated rings. The van der Waals surface area contributed by atoms with Crippen molar-refractivity contribution in [2.24, 2.45) is 11.3 Å². The van der Waals surface area contributed by atoms with E-state index in [1.54, 1.807) is 0 Å². The first-order valence-electron chi connectivity index (χ1n) is 6.65. The number of nitrogens with zero attached hydrogens (tertiary/aromatic N) is 1. The van der Waals surface area contributed by atoms with Gasteiger partial charge in [0.1, 0.15) is 0 Å². The Morgan fingerprint density at radius 1 is 1.24 bits per heavy atom. The summed E-state index contributed by atoms with van der Waals surface area (Å²) < 4.78 is 0. The van der Waals surface area contributed by atoms with Crippen LogP contribution in [0.15, 0.2) is 0 Å².